The molecule has 3 N–H and O–H groups in total. The molecule has 1 aromatic carbocycles. The smallest absolute Gasteiger partial charge is 0.249 e. The number of aryl methyl sites for hydroxylation is 1. The fraction of sp³-hybridized carbons (Fsp3) is 0.214. The molecule has 3 aromatic rings. The van der Waals surface area contributed by atoms with E-state index in [2.05, 4.69) is 26.4 Å². The third kappa shape index (κ3) is 2.27. The van der Waals surface area contributed by atoms with E-state index in [9.17, 15) is 0 Å². The third-order valence-corrected chi connectivity index (χ3v) is 4.16. The summed E-state index contributed by atoms with van der Waals surface area (Å²) in [5.41, 5.74) is 7.96. The number of nitrogens with two attached hydrogens (primary N) is 1. The molecule has 0 bridgehead atoms. The quantitative estimate of drug-likeness (QED) is 0.771. The van der Waals surface area contributed by atoms with E-state index in [1.54, 1.807) is 6.20 Å². The van der Waals surface area contributed by atoms with Crippen LogP contribution in [0.15, 0.2) is 29.8 Å². The standard InChI is InChI=1S/C14H14N6OS/c15-12-18-13(19-20(12)14-16-6-8-22-14)17-10-5-1-3-9-4-2-7-21-11(9)10/h1,3,5-6,8H,2,4,7H2,(H3,15,17,18,19). The first kappa shape index (κ1) is 13.1. The van der Waals surface area contributed by atoms with Crippen LogP contribution in [0.5, 0.6) is 5.75 Å². The Bertz CT molecular complexity index is 798. The molecule has 0 atom stereocenters. The molecular weight excluding hydrogens is 300 g/mol. The van der Waals surface area contributed by atoms with Gasteiger partial charge in [-0.1, -0.05) is 12.1 Å². The minimum Gasteiger partial charge on any atom is -0.491 e. The molecule has 3 heterocycles. The van der Waals surface area contributed by atoms with Crippen LogP contribution in [0.2, 0.25) is 0 Å². The summed E-state index contributed by atoms with van der Waals surface area (Å²) in [6, 6.07) is 6.02. The molecule has 22 heavy (non-hydrogen) atoms. The molecule has 1 aliphatic rings. The fourth-order valence-electron chi connectivity index (χ4n) is 2.45. The number of nitrogen functional groups attached to an aromatic ring is 1. The van der Waals surface area contributed by atoms with Gasteiger partial charge in [0, 0.05) is 11.6 Å². The summed E-state index contributed by atoms with van der Waals surface area (Å²) < 4.78 is 7.29. The number of fused-ring (bicyclic) bond motifs is 1. The second-order valence-corrected chi connectivity index (χ2v) is 5.76. The highest BCUT2D eigenvalue weighted by Gasteiger charge is 2.17. The Hall–Kier alpha value is -2.61. The zero-order chi connectivity index (χ0) is 14.9. The molecule has 7 nitrogen and oxygen atoms in total. The number of aromatic nitrogens is 4. The first-order valence-electron chi connectivity index (χ1n) is 6.95. The van der Waals surface area contributed by atoms with Gasteiger partial charge in [-0.25, -0.2) is 4.98 Å². The van der Waals surface area contributed by atoms with Crippen LogP contribution >= 0.6 is 11.3 Å². The van der Waals surface area contributed by atoms with Gasteiger partial charge in [0.25, 0.3) is 0 Å². The van der Waals surface area contributed by atoms with E-state index in [4.69, 9.17) is 10.5 Å². The van der Waals surface area contributed by atoms with Gasteiger partial charge in [-0.15, -0.1) is 16.4 Å². The molecule has 0 fully saturated rings. The second kappa shape index (κ2) is 5.30. The molecule has 0 aliphatic carbocycles. The summed E-state index contributed by atoms with van der Waals surface area (Å²) in [5.74, 6) is 1.59. The van der Waals surface area contributed by atoms with Crippen LogP contribution in [-0.4, -0.2) is 26.4 Å². The second-order valence-electron chi connectivity index (χ2n) is 4.89. The van der Waals surface area contributed by atoms with Gasteiger partial charge in [-0.05, 0) is 24.5 Å². The van der Waals surface area contributed by atoms with Gasteiger partial charge in [0.15, 0.2) is 0 Å². The zero-order valence-corrected chi connectivity index (χ0v) is 12.5. The highest BCUT2D eigenvalue weighted by atomic mass is 32.1. The van der Waals surface area contributed by atoms with Crippen LogP contribution in [0.3, 0.4) is 0 Å². The summed E-state index contributed by atoms with van der Waals surface area (Å²) in [7, 11) is 0. The van der Waals surface area contributed by atoms with Gasteiger partial charge in [0.05, 0.1) is 12.3 Å². The van der Waals surface area contributed by atoms with E-state index in [0.717, 1.165) is 30.9 Å². The van der Waals surface area contributed by atoms with Gasteiger partial charge in [-0.2, -0.15) is 9.67 Å². The lowest BCUT2D eigenvalue weighted by atomic mass is 10.1. The van der Waals surface area contributed by atoms with Gasteiger partial charge < -0.3 is 15.8 Å². The molecule has 4 rings (SSSR count). The Morgan fingerprint density at radius 1 is 1.36 bits per heavy atom. The average Bonchev–Trinajstić information content (AvgIpc) is 3.17. The zero-order valence-electron chi connectivity index (χ0n) is 11.7. The topological polar surface area (TPSA) is 90.9 Å². The van der Waals surface area contributed by atoms with Gasteiger partial charge in [0.1, 0.15) is 5.75 Å². The number of thiazole rings is 1. The molecule has 0 spiro atoms. The highest BCUT2D eigenvalue weighted by Crippen LogP contribution is 2.34. The third-order valence-electron chi connectivity index (χ3n) is 3.41. The molecule has 0 saturated heterocycles. The predicted molar refractivity (Wildman–Crippen MR) is 85.0 cm³/mol. The Morgan fingerprint density at radius 3 is 3.18 bits per heavy atom. The van der Waals surface area contributed by atoms with Crippen LogP contribution in [0.25, 0.3) is 5.13 Å². The SMILES string of the molecule is Nc1nc(Nc2cccc3c2OCCC3)nn1-c1nccs1. The van der Waals surface area contributed by atoms with Crippen molar-refractivity contribution in [3.05, 3.63) is 35.3 Å². The normalized spacial score (nSPS) is 13.5. The Morgan fingerprint density at radius 2 is 2.32 bits per heavy atom. The summed E-state index contributed by atoms with van der Waals surface area (Å²) in [5, 5.41) is 10.1. The van der Waals surface area contributed by atoms with Crippen molar-refractivity contribution >= 4 is 28.9 Å². The largest absolute Gasteiger partial charge is 0.491 e. The summed E-state index contributed by atoms with van der Waals surface area (Å²) >= 11 is 1.45. The Kier molecular flexibility index (Phi) is 3.15. The molecule has 8 heteroatoms. The number of hydrogen-bond acceptors (Lipinski definition) is 7. The molecule has 0 saturated carbocycles. The Labute approximate surface area is 130 Å². The number of rotatable bonds is 3. The van der Waals surface area contributed by atoms with E-state index in [0.29, 0.717) is 17.0 Å². The summed E-state index contributed by atoms with van der Waals surface area (Å²) in [6.07, 6.45) is 3.77. The van der Waals surface area contributed by atoms with Crippen molar-refractivity contribution in [2.24, 2.45) is 0 Å². The predicted octanol–water partition coefficient (Wildman–Crippen LogP) is 2.37. The lowest BCUT2D eigenvalue weighted by Crippen LogP contribution is -2.10. The van der Waals surface area contributed by atoms with Crippen molar-refractivity contribution in [3.63, 3.8) is 0 Å². The lowest BCUT2D eigenvalue weighted by Gasteiger charge is -2.20. The maximum Gasteiger partial charge on any atom is 0.249 e. The van der Waals surface area contributed by atoms with Crippen molar-refractivity contribution in [2.75, 3.05) is 17.7 Å². The molecule has 112 valence electrons. The highest BCUT2D eigenvalue weighted by molar-refractivity contribution is 7.12. The van der Waals surface area contributed by atoms with Crippen LogP contribution in [0, 0.1) is 0 Å². The summed E-state index contributed by atoms with van der Waals surface area (Å²) in [6.45, 7) is 0.731. The van der Waals surface area contributed by atoms with Crippen LogP contribution in [0.4, 0.5) is 17.6 Å². The molecule has 0 unspecified atom stereocenters. The number of ether oxygens (including phenoxy) is 1. The van der Waals surface area contributed by atoms with Crippen molar-refractivity contribution in [3.8, 4) is 10.9 Å². The molecular formula is C14H14N6OS. The lowest BCUT2D eigenvalue weighted by molar-refractivity contribution is 0.290. The van der Waals surface area contributed by atoms with Crippen LogP contribution in [0.1, 0.15) is 12.0 Å². The van der Waals surface area contributed by atoms with Gasteiger partial charge >= 0.3 is 0 Å². The van der Waals surface area contributed by atoms with Crippen molar-refractivity contribution in [2.45, 2.75) is 12.8 Å². The van der Waals surface area contributed by atoms with Gasteiger partial charge in [-0.3, -0.25) is 0 Å². The monoisotopic (exact) mass is 314 g/mol. The first-order valence-corrected chi connectivity index (χ1v) is 7.83. The number of nitrogens with one attached hydrogen (secondary N) is 1. The Balaban J connectivity index is 1.66. The molecule has 0 radical (unpaired) electrons. The molecule has 2 aromatic heterocycles. The van der Waals surface area contributed by atoms with Crippen molar-refractivity contribution in [1.29, 1.82) is 0 Å². The van der Waals surface area contributed by atoms with Crippen LogP contribution < -0.4 is 15.8 Å². The first-order chi connectivity index (χ1) is 10.8. The van der Waals surface area contributed by atoms with E-state index in [-0.39, 0.29) is 0 Å². The van der Waals surface area contributed by atoms with Crippen LogP contribution in [-0.2, 0) is 6.42 Å². The van der Waals surface area contributed by atoms with Crippen molar-refractivity contribution < 1.29 is 4.74 Å². The maximum absolute atomic E-state index is 5.91. The molecule has 0 amide bonds. The average molecular weight is 314 g/mol. The summed E-state index contributed by atoms with van der Waals surface area (Å²) in [4.78, 5) is 8.42. The van der Waals surface area contributed by atoms with Gasteiger partial charge in [0.2, 0.25) is 17.0 Å². The molecule has 1 aliphatic heterocycles. The van der Waals surface area contributed by atoms with Crippen molar-refractivity contribution in [1.82, 2.24) is 19.7 Å². The fourth-order valence-corrected chi connectivity index (χ4v) is 3.05. The number of para-hydroxylation sites is 1. The maximum atomic E-state index is 5.91. The number of anilines is 3. The number of hydrogen-bond donors (Lipinski definition) is 2. The number of benzene rings is 1. The minimum absolute atomic E-state index is 0.295. The van der Waals surface area contributed by atoms with E-state index < -0.39 is 0 Å². The van der Waals surface area contributed by atoms with E-state index in [1.165, 1.54) is 21.6 Å². The van der Waals surface area contributed by atoms with E-state index >= 15 is 0 Å². The number of nitrogens with zero attached hydrogens (tertiary/aromatic N) is 4. The van der Waals surface area contributed by atoms with E-state index in [1.807, 2.05) is 17.5 Å². The minimum atomic E-state index is 0.295.